The zero-order valence-corrected chi connectivity index (χ0v) is 12.8. The van der Waals surface area contributed by atoms with Crippen molar-refractivity contribution in [3.63, 3.8) is 0 Å². The summed E-state index contributed by atoms with van der Waals surface area (Å²) in [5, 5.41) is 3.04. The van der Waals surface area contributed by atoms with Gasteiger partial charge in [-0.3, -0.25) is 0 Å². The predicted octanol–water partition coefficient (Wildman–Crippen LogP) is 4.11. The first-order chi connectivity index (χ1) is 9.31. The van der Waals surface area contributed by atoms with E-state index in [1.54, 1.807) is 0 Å². The normalized spacial score (nSPS) is 13.1. The zero-order chi connectivity index (χ0) is 15.2. The van der Waals surface area contributed by atoms with Crippen LogP contribution in [0.5, 0.6) is 11.5 Å². The Balaban J connectivity index is 2.58. The maximum Gasteiger partial charge on any atom is 0.573 e. The Hall–Kier alpha value is -0.950. The lowest BCUT2D eigenvalue weighted by Gasteiger charge is -2.16. The van der Waals surface area contributed by atoms with Crippen molar-refractivity contribution in [1.29, 1.82) is 0 Å². The summed E-state index contributed by atoms with van der Waals surface area (Å²) < 4.78 is 46.1. The van der Waals surface area contributed by atoms with Gasteiger partial charge in [-0.05, 0) is 67.5 Å². The summed E-state index contributed by atoms with van der Waals surface area (Å²) >= 11 is 3.04. The minimum absolute atomic E-state index is 0.00960. The van der Waals surface area contributed by atoms with E-state index >= 15 is 0 Å². The standard InChI is InChI=1S/C13H17BrF3NO2/c1-9(4-3-7-18-2)19-10-5-6-12(11(14)8-10)20-13(15,16)17/h5-6,8-9,18H,3-4,7H2,1-2H3. The molecule has 20 heavy (non-hydrogen) atoms. The molecule has 1 aromatic rings. The molecular weight excluding hydrogens is 339 g/mol. The second-order valence-corrected chi connectivity index (χ2v) is 5.17. The van der Waals surface area contributed by atoms with Crippen molar-refractivity contribution >= 4 is 15.9 Å². The monoisotopic (exact) mass is 355 g/mol. The van der Waals surface area contributed by atoms with Crippen LogP contribution in [0.15, 0.2) is 22.7 Å². The largest absolute Gasteiger partial charge is 0.573 e. The molecule has 0 heterocycles. The maximum atomic E-state index is 12.1. The van der Waals surface area contributed by atoms with Crippen LogP contribution < -0.4 is 14.8 Å². The molecule has 3 nitrogen and oxygen atoms in total. The molecule has 0 saturated carbocycles. The van der Waals surface area contributed by atoms with Gasteiger partial charge in [0.2, 0.25) is 0 Å². The number of ether oxygens (including phenoxy) is 2. The molecule has 0 spiro atoms. The van der Waals surface area contributed by atoms with E-state index in [1.807, 2.05) is 14.0 Å². The van der Waals surface area contributed by atoms with Gasteiger partial charge in [0.05, 0.1) is 10.6 Å². The quantitative estimate of drug-likeness (QED) is 0.746. The molecular formula is C13H17BrF3NO2. The SMILES string of the molecule is CNCCCC(C)Oc1ccc(OC(F)(F)F)c(Br)c1. The lowest BCUT2D eigenvalue weighted by Crippen LogP contribution is -2.18. The maximum absolute atomic E-state index is 12.1. The first-order valence-corrected chi connectivity index (χ1v) is 6.97. The van der Waals surface area contributed by atoms with Gasteiger partial charge in [-0.1, -0.05) is 0 Å². The molecule has 7 heteroatoms. The number of rotatable bonds is 7. The Morgan fingerprint density at radius 3 is 2.60 bits per heavy atom. The van der Waals surface area contributed by atoms with E-state index in [1.165, 1.54) is 18.2 Å². The molecule has 114 valence electrons. The fourth-order valence-electron chi connectivity index (χ4n) is 1.62. The minimum atomic E-state index is -4.70. The van der Waals surface area contributed by atoms with Crippen LogP contribution in [-0.4, -0.2) is 26.1 Å². The van der Waals surface area contributed by atoms with Crippen LogP contribution >= 0.6 is 15.9 Å². The Morgan fingerprint density at radius 1 is 1.35 bits per heavy atom. The molecule has 0 amide bonds. The van der Waals surface area contributed by atoms with E-state index in [4.69, 9.17) is 4.74 Å². The second-order valence-electron chi connectivity index (χ2n) is 4.31. The molecule has 0 aromatic heterocycles. The summed E-state index contributed by atoms with van der Waals surface area (Å²) in [6, 6.07) is 4.16. The molecule has 1 N–H and O–H groups in total. The average Bonchev–Trinajstić information content (AvgIpc) is 2.31. The molecule has 1 rings (SSSR count). The summed E-state index contributed by atoms with van der Waals surface area (Å²) in [4.78, 5) is 0. The molecule has 0 radical (unpaired) electrons. The van der Waals surface area contributed by atoms with E-state index in [-0.39, 0.29) is 16.3 Å². The van der Waals surface area contributed by atoms with Gasteiger partial charge >= 0.3 is 6.36 Å². The van der Waals surface area contributed by atoms with Gasteiger partial charge in [-0.25, -0.2) is 0 Å². The third kappa shape index (κ3) is 6.47. The van der Waals surface area contributed by atoms with Gasteiger partial charge in [0.15, 0.2) is 0 Å². The highest BCUT2D eigenvalue weighted by atomic mass is 79.9. The Labute approximate surface area is 124 Å². The van der Waals surface area contributed by atoms with E-state index in [0.29, 0.717) is 5.75 Å². The fourth-order valence-corrected chi connectivity index (χ4v) is 2.06. The van der Waals surface area contributed by atoms with Gasteiger partial charge in [0.25, 0.3) is 0 Å². The van der Waals surface area contributed by atoms with Gasteiger partial charge < -0.3 is 14.8 Å². The van der Waals surface area contributed by atoms with Crippen molar-refractivity contribution in [2.24, 2.45) is 0 Å². The summed E-state index contributed by atoms with van der Waals surface area (Å²) in [6.45, 7) is 2.82. The van der Waals surface area contributed by atoms with Crippen LogP contribution in [0.2, 0.25) is 0 Å². The zero-order valence-electron chi connectivity index (χ0n) is 11.3. The Bertz CT molecular complexity index is 427. The number of alkyl halides is 3. The summed E-state index contributed by atoms with van der Waals surface area (Å²) in [5.41, 5.74) is 0. The molecule has 1 atom stereocenters. The van der Waals surface area contributed by atoms with Crippen LogP contribution in [0.25, 0.3) is 0 Å². The van der Waals surface area contributed by atoms with E-state index in [9.17, 15) is 13.2 Å². The minimum Gasteiger partial charge on any atom is -0.491 e. The number of nitrogens with one attached hydrogen (secondary N) is 1. The van der Waals surface area contributed by atoms with Gasteiger partial charge in [-0.2, -0.15) is 0 Å². The molecule has 1 unspecified atom stereocenters. The highest BCUT2D eigenvalue weighted by molar-refractivity contribution is 9.10. The lowest BCUT2D eigenvalue weighted by molar-refractivity contribution is -0.274. The van der Waals surface area contributed by atoms with Crippen LogP contribution in [0.4, 0.5) is 13.2 Å². The molecule has 1 aromatic carbocycles. The Morgan fingerprint density at radius 2 is 2.05 bits per heavy atom. The first-order valence-electron chi connectivity index (χ1n) is 6.18. The van der Waals surface area contributed by atoms with E-state index < -0.39 is 6.36 Å². The second kappa shape index (κ2) is 7.73. The summed E-state index contributed by atoms with van der Waals surface area (Å²) in [6.07, 6.45) is -2.89. The number of hydrogen-bond donors (Lipinski definition) is 1. The van der Waals surface area contributed by atoms with Crippen molar-refractivity contribution in [2.45, 2.75) is 32.2 Å². The fraction of sp³-hybridized carbons (Fsp3) is 0.538. The molecule has 0 saturated heterocycles. The smallest absolute Gasteiger partial charge is 0.491 e. The van der Waals surface area contributed by atoms with Crippen LogP contribution in [0.1, 0.15) is 19.8 Å². The van der Waals surface area contributed by atoms with Crippen molar-refractivity contribution in [2.75, 3.05) is 13.6 Å². The van der Waals surface area contributed by atoms with Crippen molar-refractivity contribution in [3.8, 4) is 11.5 Å². The third-order valence-electron chi connectivity index (χ3n) is 2.50. The predicted molar refractivity (Wildman–Crippen MR) is 74.1 cm³/mol. The van der Waals surface area contributed by atoms with E-state index in [2.05, 4.69) is 26.0 Å². The number of hydrogen-bond acceptors (Lipinski definition) is 3. The molecule has 0 aliphatic carbocycles. The first kappa shape index (κ1) is 17.1. The van der Waals surface area contributed by atoms with Crippen LogP contribution in [-0.2, 0) is 0 Å². The van der Waals surface area contributed by atoms with Crippen LogP contribution in [0, 0.1) is 0 Å². The molecule has 0 fully saturated rings. The number of halogens is 4. The molecule has 0 bridgehead atoms. The van der Waals surface area contributed by atoms with Gasteiger partial charge in [0, 0.05) is 0 Å². The highest BCUT2D eigenvalue weighted by Crippen LogP contribution is 2.33. The van der Waals surface area contributed by atoms with Crippen LogP contribution in [0.3, 0.4) is 0 Å². The molecule has 0 aliphatic heterocycles. The molecule has 0 aliphatic rings. The number of benzene rings is 1. The summed E-state index contributed by atoms with van der Waals surface area (Å²) in [5.74, 6) is 0.219. The third-order valence-corrected chi connectivity index (χ3v) is 3.12. The topological polar surface area (TPSA) is 30.5 Å². The van der Waals surface area contributed by atoms with Gasteiger partial charge in [0.1, 0.15) is 11.5 Å². The Kier molecular flexibility index (Phi) is 6.61. The van der Waals surface area contributed by atoms with Crippen molar-refractivity contribution < 1.29 is 22.6 Å². The summed E-state index contributed by atoms with van der Waals surface area (Å²) in [7, 11) is 1.88. The average molecular weight is 356 g/mol. The highest BCUT2D eigenvalue weighted by Gasteiger charge is 2.32. The van der Waals surface area contributed by atoms with Crippen molar-refractivity contribution in [1.82, 2.24) is 5.32 Å². The van der Waals surface area contributed by atoms with E-state index in [0.717, 1.165) is 19.4 Å². The van der Waals surface area contributed by atoms with Crippen molar-refractivity contribution in [3.05, 3.63) is 22.7 Å². The van der Waals surface area contributed by atoms with Gasteiger partial charge in [-0.15, -0.1) is 13.2 Å². The lowest BCUT2D eigenvalue weighted by atomic mass is 10.2.